The maximum Gasteiger partial charge on any atom is 0.537 e. The Hall–Kier alpha value is -2.12. The van der Waals surface area contributed by atoms with Crippen LogP contribution in [0.15, 0.2) is 0 Å². The topological polar surface area (TPSA) is 99.2 Å². The molecule has 0 saturated carbocycles. The van der Waals surface area contributed by atoms with Crippen LogP contribution in [-0.4, -0.2) is 35.3 Å². The van der Waals surface area contributed by atoms with E-state index in [0.29, 0.717) is 5.06 Å². The largest absolute Gasteiger partial charge is 0.537 e. The molecule has 1 heterocycles. The second kappa shape index (κ2) is 6.17. The quantitative estimate of drug-likeness (QED) is 0.423. The van der Waals surface area contributed by atoms with Crippen LogP contribution in [-0.2, 0) is 28.7 Å². The number of nitrogens with zero attached hydrogens (tertiary/aromatic N) is 1. The third-order valence-corrected chi connectivity index (χ3v) is 2.19. The number of imide groups is 1. The molecule has 2 amide bonds. The Morgan fingerprint density at radius 2 is 1.58 bits per heavy atom. The second-order valence-electron chi connectivity index (χ2n) is 4.20. The van der Waals surface area contributed by atoms with E-state index >= 15 is 0 Å². The zero-order valence-electron chi connectivity index (χ0n) is 10.9. The molecule has 0 aromatic carbocycles. The molecule has 0 bridgehead atoms. The molecular formula is C11H15NO7. The molecular weight excluding hydrogens is 258 g/mol. The molecule has 1 atom stereocenters. The average molecular weight is 273 g/mol. The fraction of sp³-hybridized carbons (Fsp3) is 0.636. The highest BCUT2D eigenvalue weighted by Crippen LogP contribution is 2.13. The Morgan fingerprint density at radius 3 is 2.05 bits per heavy atom. The Bertz CT molecular complexity index is 388. The number of carbonyl (C=O) groups excluding carboxylic acids is 4. The lowest BCUT2D eigenvalue weighted by Gasteiger charge is -2.17. The minimum Gasteiger partial charge on any atom is -0.425 e. The van der Waals surface area contributed by atoms with Gasteiger partial charge < -0.3 is 9.47 Å². The first-order chi connectivity index (χ1) is 8.81. The summed E-state index contributed by atoms with van der Waals surface area (Å²) >= 11 is 0. The van der Waals surface area contributed by atoms with Gasteiger partial charge in [-0.2, -0.15) is 0 Å². The Balaban J connectivity index is 2.41. The fourth-order valence-electron chi connectivity index (χ4n) is 1.21. The number of esters is 1. The van der Waals surface area contributed by atoms with Crippen molar-refractivity contribution in [3.05, 3.63) is 0 Å². The molecule has 1 aliphatic heterocycles. The van der Waals surface area contributed by atoms with Crippen molar-refractivity contribution in [2.24, 2.45) is 5.92 Å². The van der Waals surface area contributed by atoms with Crippen molar-refractivity contribution in [2.75, 3.05) is 0 Å². The molecule has 0 spiro atoms. The molecule has 0 aromatic heterocycles. The van der Waals surface area contributed by atoms with Gasteiger partial charge in [-0.25, -0.2) is 4.79 Å². The highest BCUT2D eigenvalue weighted by molar-refractivity contribution is 6.01. The van der Waals surface area contributed by atoms with Crippen molar-refractivity contribution in [3.8, 4) is 0 Å². The molecule has 0 radical (unpaired) electrons. The van der Waals surface area contributed by atoms with Crippen molar-refractivity contribution in [3.63, 3.8) is 0 Å². The normalized spacial score (nSPS) is 16.5. The molecule has 0 N–H and O–H groups in total. The van der Waals surface area contributed by atoms with Crippen LogP contribution >= 0.6 is 0 Å². The lowest BCUT2D eigenvalue weighted by molar-refractivity contribution is -0.192. The summed E-state index contributed by atoms with van der Waals surface area (Å²) in [5, 5.41) is 0.347. The Labute approximate surface area is 109 Å². The summed E-state index contributed by atoms with van der Waals surface area (Å²) in [5.41, 5.74) is 0. The SMILES string of the molecule is CC(OC(=O)ON1C(=O)CCC1=O)OC(=O)C(C)C. The van der Waals surface area contributed by atoms with Gasteiger partial charge in [-0.05, 0) is 0 Å². The minimum absolute atomic E-state index is 0.00992. The minimum atomic E-state index is -1.28. The highest BCUT2D eigenvalue weighted by atomic mass is 16.9. The van der Waals surface area contributed by atoms with Crippen molar-refractivity contribution < 1.29 is 33.5 Å². The average Bonchev–Trinajstić information content (AvgIpc) is 2.60. The van der Waals surface area contributed by atoms with Crippen molar-refractivity contribution in [1.29, 1.82) is 0 Å². The number of hydrogen-bond acceptors (Lipinski definition) is 7. The van der Waals surface area contributed by atoms with E-state index in [1.807, 2.05) is 0 Å². The molecule has 1 aliphatic rings. The van der Waals surface area contributed by atoms with Gasteiger partial charge in [-0.15, -0.1) is 0 Å². The van der Waals surface area contributed by atoms with Crippen molar-refractivity contribution >= 4 is 23.9 Å². The van der Waals surface area contributed by atoms with E-state index < -0.39 is 30.2 Å². The lowest BCUT2D eigenvalue weighted by Crippen LogP contribution is -2.34. The number of hydrogen-bond donors (Lipinski definition) is 0. The van der Waals surface area contributed by atoms with Crippen LogP contribution in [0.1, 0.15) is 33.6 Å². The molecule has 106 valence electrons. The first-order valence-electron chi connectivity index (χ1n) is 5.76. The van der Waals surface area contributed by atoms with E-state index in [1.54, 1.807) is 13.8 Å². The van der Waals surface area contributed by atoms with Crippen LogP contribution in [0.25, 0.3) is 0 Å². The van der Waals surface area contributed by atoms with E-state index in [1.165, 1.54) is 6.92 Å². The van der Waals surface area contributed by atoms with Gasteiger partial charge in [0.15, 0.2) is 0 Å². The van der Waals surface area contributed by atoms with Gasteiger partial charge in [0.2, 0.25) is 6.29 Å². The van der Waals surface area contributed by atoms with Crippen LogP contribution in [0, 0.1) is 5.92 Å². The third-order valence-electron chi connectivity index (χ3n) is 2.19. The van der Waals surface area contributed by atoms with Gasteiger partial charge in [0.1, 0.15) is 0 Å². The van der Waals surface area contributed by atoms with Crippen molar-refractivity contribution in [1.82, 2.24) is 5.06 Å². The number of amides is 2. The van der Waals surface area contributed by atoms with Gasteiger partial charge in [-0.1, -0.05) is 18.9 Å². The number of ether oxygens (including phenoxy) is 2. The van der Waals surface area contributed by atoms with Gasteiger partial charge in [0, 0.05) is 19.8 Å². The van der Waals surface area contributed by atoms with Crippen LogP contribution < -0.4 is 0 Å². The first kappa shape index (κ1) is 14.9. The van der Waals surface area contributed by atoms with Gasteiger partial charge in [-0.3, -0.25) is 19.2 Å². The zero-order chi connectivity index (χ0) is 14.6. The molecule has 8 nitrogen and oxygen atoms in total. The summed E-state index contributed by atoms with van der Waals surface area (Å²) in [6, 6.07) is 0. The van der Waals surface area contributed by atoms with E-state index in [4.69, 9.17) is 4.74 Å². The van der Waals surface area contributed by atoms with E-state index in [0.717, 1.165) is 0 Å². The van der Waals surface area contributed by atoms with Gasteiger partial charge >= 0.3 is 12.1 Å². The molecule has 1 rings (SSSR count). The molecule has 19 heavy (non-hydrogen) atoms. The van der Waals surface area contributed by atoms with Gasteiger partial charge in [0.25, 0.3) is 11.8 Å². The van der Waals surface area contributed by atoms with Crippen LogP contribution in [0.2, 0.25) is 0 Å². The fourth-order valence-corrected chi connectivity index (χ4v) is 1.21. The van der Waals surface area contributed by atoms with Crippen LogP contribution in [0.4, 0.5) is 4.79 Å². The maximum absolute atomic E-state index is 11.3. The summed E-state index contributed by atoms with van der Waals surface area (Å²) in [7, 11) is 0. The molecule has 8 heteroatoms. The van der Waals surface area contributed by atoms with Crippen molar-refractivity contribution in [2.45, 2.75) is 39.9 Å². The molecule has 0 aromatic rings. The number of hydroxylamine groups is 2. The van der Waals surface area contributed by atoms with E-state index in [2.05, 4.69) is 9.57 Å². The number of rotatable bonds is 4. The highest BCUT2D eigenvalue weighted by Gasteiger charge is 2.34. The summed E-state index contributed by atoms with van der Waals surface area (Å²) < 4.78 is 9.33. The monoisotopic (exact) mass is 273 g/mol. The smallest absolute Gasteiger partial charge is 0.425 e. The molecule has 1 saturated heterocycles. The lowest BCUT2D eigenvalue weighted by atomic mass is 10.2. The molecule has 1 fully saturated rings. The summed E-state index contributed by atoms with van der Waals surface area (Å²) in [5.74, 6) is -2.15. The predicted molar refractivity (Wildman–Crippen MR) is 59.0 cm³/mol. The standard InChI is InChI=1S/C11H15NO7/c1-6(2)10(15)17-7(3)18-11(16)19-12-8(13)4-5-9(12)14/h6-7H,4-5H2,1-3H3. The zero-order valence-corrected chi connectivity index (χ0v) is 10.9. The Kier molecular flexibility index (Phi) is 4.85. The Morgan fingerprint density at radius 1 is 1.05 bits per heavy atom. The maximum atomic E-state index is 11.3. The van der Waals surface area contributed by atoms with Crippen LogP contribution in [0.5, 0.6) is 0 Å². The number of carbonyl (C=O) groups is 4. The third kappa shape index (κ3) is 4.23. The summed E-state index contributed by atoms with van der Waals surface area (Å²) in [4.78, 5) is 49.2. The van der Waals surface area contributed by atoms with Crippen LogP contribution in [0.3, 0.4) is 0 Å². The summed E-state index contributed by atoms with van der Waals surface area (Å²) in [6.07, 6.45) is -2.48. The van der Waals surface area contributed by atoms with E-state index in [-0.39, 0.29) is 18.8 Å². The summed E-state index contributed by atoms with van der Waals surface area (Å²) in [6.45, 7) is 4.55. The molecule has 0 aliphatic carbocycles. The van der Waals surface area contributed by atoms with Gasteiger partial charge in [0.05, 0.1) is 5.92 Å². The van der Waals surface area contributed by atoms with E-state index in [9.17, 15) is 19.2 Å². The molecule has 1 unspecified atom stereocenters. The predicted octanol–water partition coefficient (Wildman–Crippen LogP) is 0.749. The first-order valence-corrected chi connectivity index (χ1v) is 5.76. The second-order valence-corrected chi connectivity index (χ2v) is 4.20.